The van der Waals surface area contributed by atoms with Gasteiger partial charge in [-0.1, -0.05) is 35.3 Å². The summed E-state index contributed by atoms with van der Waals surface area (Å²) < 4.78 is 21.7. The quantitative estimate of drug-likeness (QED) is 0.0765. The molecule has 6 aromatic rings. The number of aromatic carboxylic acids is 1. The highest BCUT2D eigenvalue weighted by Gasteiger charge is 2.38. The van der Waals surface area contributed by atoms with E-state index in [1.165, 1.54) is 47.6 Å². The summed E-state index contributed by atoms with van der Waals surface area (Å²) in [5.74, 6) is -4.21. The summed E-state index contributed by atoms with van der Waals surface area (Å²) in [5, 5.41) is 21.9. The second kappa shape index (κ2) is 22.7. The van der Waals surface area contributed by atoms with Crippen LogP contribution in [-0.2, 0) is 19.1 Å². The van der Waals surface area contributed by atoms with Gasteiger partial charge < -0.3 is 59.4 Å². The first-order chi connectivity index (χ1) is 36.5. The predicted molar refractivity (Wildman–Crippen MR) is 277 cm³/mol. The fraction of sp³-hybridized carbons (Fsp3) is 0.346. The fourth-order valence-electron chi connectivity index (χ4n) is 9.92. The molecule has 0 spiro atoms. The third-order valence-electron chi connectivity index (χ3n) is 13.7. The molecule has 10 rings (SSSR count). The van der Waals surface area contributed by atoms with Crippen molar-refractivity contribution < 1.29 is 61.8 Å². The Morgan fingerprint density at radius 1 is 0.592 bits per heavy atom. The average molecular weight is 1080 g/mol. The van der Waals surface area contributed by atoms with Gasteiger partial charge in [-0.25, -0.2) is 24.4 Å². The number of carbonyl (C=O) groups is 8. The van der Waals surface area contributed by atoms with Crippen molar-refractivity contribution in [3.05, 3.63) is 106 Å². The number of hydrogen-bond acceptors (Lipinski definition) is 14. The van der Waals surface area contributed by atoms with Gasteiger partial charge in [0.25, 0.3) is 17.7 Å². The zero-order valence-corrected chi connectivity index (χ0v) is 42.6. The second-order valence-electron chi connectivity index (χ2n) is 18.7. The average Bonchev–Trinajstić information content (AvgIpc) is 4.26. The Labute approximate surface area is 443 Å². The van der Waals surface area contributed by atoms with Gasteiger partial charge >= 0.3 is 18.2 Å². The van der Waals surface area contributed by atoms with Gasteiger partial charge in [0.2, 0.25) is 23.3 Å². The number of carbonyl (C=O) groups excluding carboxylic acids is 7. The van der Waals surface area contributed by atoms with Crippen LogP contribution in [0.4, 0.5) is 32.6 Å². The highest BCUT2D eigenvalue weighted by atomic mass is 35.5. The molecule has 6 heterocycles. The van der Waals surface area contributed by atoms with Crippen LogP contribution in [0.1, 0.15) is 93.2 Å². The first kappa shape index (κ1) is 52.6. The molecule has 0 radical (unpaired) electrons. The Morgan fingerprint density at radius 2 is 1.01 bits per heavy atom. The Bertz CT molecular complexity index is 3240. The lowest BCUT2D eigenvalue weighted by Gasteiger charge is -2.32. The standard InChI is InChI=1S/C27H28ClN5O6.C25H23ClN4O7/c1-32(2)26(36)18-4-3-5-19-21(18)22(23(39-19)25(35)30-20-11-8-16(28)14-29-20)31-24(34)15-6-9-17(10-7-15)33-12-13-38-27(33)37;26-14-6-9-18(27-12-14)28-23(32)21-20(19-16(24(33)34)2-1-3-17(19)37-21)29-22(31)13-4-7-15(8-5-13)30-10-11-36-25(30)35/h3-5,8,11,14-15,17H,6-7,9-10,12-13H2,1-2H3,(H,31,34)(H,29,30,35);1-3,6,9,12-13,15H,4-5,7-8,10-11H2,(H,29,31)(H,33,34)(H,27,28,32). The van der Waals surface area contributed by atoms with E-state index in [9.17, 15) is 43.5 Å². The number of amides is 7. The molecule has 0 atom stereocenters. The lowest BCUT2D eigenvalue weighted by molar-refractivity contribution is -0.121. The molecule has 396 valence electrons. The number of anilines is 4. The predicted octanol–water partition coefficient (Wildman–Crippen LogP) is 8.77. The summed E-state index contributed by atoms with van der Waals surface area (Å²) in [6.07, 6.45) is 6.90. The van der Waals surface area contributed by atoms with Gasteiger partial charge in [-0.05, 0) is 99.9 Å². The molecule has 4 aromatic heterocycles. The molecule has 76 heavy (non-hydrogen) atoms. The van der Waals surface area contributed by atoms with Crippen molar-refractivity contribution in [1.82, 2.24) is 24.7 Å². The van der Waals surface area contributed by atoms with Crippen LogP contribution in [0, 0.1) is 11.8 Å². The molecule has 24 heteroatoms. The minimum atomic E-state index is -1.23. The van der Waals surface area contributed by atoms with Crippen LogP contribution in [0.25, 0.3) is 21.9 Å². The minimum absolute atomic E-state index is 0.0145. The molecule has 2 saturated heterocycles. The van der Waals surface area contributed by atoms with E-state index in [0.717, 1.165) is 0 Å². The largest absolute Gasteiger partial charge is 0.478 e. The van der Waals surface area contributed by atoms with E-state index in [-0.39, 0.29) is 116 Å². The van der Waals surface area contributed by atoms with E-state index in [4.69, 9.17) is 41.5 Å². The van der Waals surface area contributed by atoms with Gasteiger partial charge in [-0.2, -0.15) is 0 Å². The number of ether oxygens (including phenoxy) is 2. The number of aromatic nitrogens is 2. The van der Waals surface area contributed by atoms with Crippen molar-refractivity contribution in [2.24, 2.45) is 11.8 Å². The molecule has 2 aliphatic heterocycles. The number of furan rings is 2. The summed E-state index contributed by atoms with van der Waals surface area (Å²) >= 11 is 11.8. The van der Waals surface area contributed by atoms with Crippen LogP contribution in [0.2, 0.25) is 10.0 Å². The van der Waals surface area contributed by atoms with Crippen LogP contribution >= 0.6 is 23.2 Å². The molecule has 4 aliphatic rings. The number of nitrogens with one attached hydrogen (secondary N) is 4. The van der Waals surface area contributed by atoms with Crippen molar-refractivity contribution in [2.75, 3.05) is 61.7 Å². The van der Waals surface area contributed by atoms with Gasteiger partial charge in [0.15, 0.2) is 0 Å². The van der Waals surface area contributed by atoms with Crippen molar-refractivity contribution in [3.8, 4) is 0 Å². The van der Waals surface area contributed by atoms with Crippen LogP contribution in [0.3, 0.4) is 0 Å². The lowest BCUT2D eigenvalue weighted by Crippen LogP contribution is -2.40. The maximum Gasteiger partial charge on any atom is 0.410 e. The van der Waals surface area contributed by atoms with Gasteiger partial charge in [0.1, 0.15) is 47.4 Å². The fourth-order valence-corrected chi connectivity index (χ4v) is 10.1. The van der Waals surface area contributed by atoms with Crippen molar-refractivity contribution >= 4 is 116 Å². The van der Waals surface area contributed by atoms with Crippen molar-refractivity contribution in [3.63, 3.8) is 0 Å². The van der Waals surface area contributed by atoms with E-state index in [1.807, 2.05) is 0 Å². The number of rotatable bonds is 12. The smallest absolute Gasteiger partial charge is 0.410 e. The summed E-state index contributed by atoms with van der Waals surface area (Å²) in [6.45, 7) is 1.86. The Hall–Kier alpha value is -8.24. The number of cyclic esters (lactones) is 2. The van der Waals surface area contributed by atoms with Gasteiger partial charge in [-0.15, -0.1) is 0 Å². The van der Waals surface area contributed by atoms with Crippen LogP contribution < -0.4 is 21.3 Å². The van der Waals surface area contributed by atoms with Crippen LogP contribution in [0.5, 0.6) is 0 Å². The van der Waals surface area contributed by atoms with Crippen molar-refractivity contribution in [1.29, 1.82) is 0 Å². The number of carboxylic acid groups (broad SMARTS) is 1. The Balaban J connectivity index is 0.000000186. The Kier molecular flexibility index (Phi) is 15.7. The third-order valence-corrected chi connectivity index (χ3v) is 14.2. The number of fused-ring (bicyclic) bond motifs is 2. The zero-order chi connectivity index (χ0) is 53.8. The van der Waals surface area contributed by atoms with E-state index in [2.05, 4.69) is 31.2 Å². The highest BCUT2D eigenvalue weighted by Crippen LogP contribution is 2.39. The summed E-state index contributed by atoms with van der Waals surface area (Å²) in [4.78, 5) is 115. The normalized spacial score (nSPS) is 19.3. The molecule has 2 aromatic carbocycles. The van der Waals surface area contributed by atoms with Gasteiger partial charge in [0, 0.05) is 50.4 Å². The topological polar surface area (TPSA) is 285 Å². The highest BCUT2D eigenvalue weighted by molar-refractivity contribution is 6.31. The van der Waals surface area contributed by atoms with E-state index in [1.54, 1.807) is 54.2 Å². The summed E-state index contributed by atoms with van der Waals surface area (Å²) in [5.41, 5.74) is 0.698. The number of halogens is 2. The molecule has 2 aliphatic carbocycles. The molecular formula is C52H51Cl2N9O13. The minimum Gasteiger partial charge on any atom is -0.478 e. The lowest BCUT2D eigenvalue weighted by atomic mass is 9.84. The third kappa shape index (κ3) is 11.4. The first-order valence-corrected chi connectivity index (χ1v) is 25.2. The second-order valence-corrected chi connectivity index (χ2v) is 19.6. The molecule has 22 nitrogen and oxygen atoms in total. The summed E-state index contributed by atoms with van der Waals surface area (Å²) in [7, 11) is 3.24. The molecule has 7 amide bonds. The van der Waals surface area contributed by atoms with Crippen LogP contribution in [0.15, 0.2) is 81.9 Å². The molecule has 2 saturated carbocycles. The molecular weight excluding hydrogens is 1030 g/mol. The number of carboxylic acids is 1. The summed E-state index contributed by atoms with van der Waals surface area (Å²) in [6, 6.07) is 15.5. The molecule has 5 N–H and O–H groups in total. The molecule has 0 bridgehead atoms. The molecule has 0 unspecified atom stereocenters. The SMILES string of the molecule is CN(C)C(=O)c1cccc2oc(C(=O)Nc3ccc(Cl)cn3)c(NC(=O)C3CCC(N4CCOC4=O)CC3)c12.O=C(Nc1ccc(Cl)cn1)c1oc2cccc(C(=O)O)c2c1NC(=O)C1CCC(N2CCOC2=O)CC1. The maximum atomic E-state index is 13.5. The Morgan fingerprint density at radius 3 is 1.38 bits per heavy atom. The van der Waals surface area contributed by atoms with E-state index < -0.39 is 17.8 Å². The molecule has 4 fully saturated rings. The van der Waals surface area contributed by atoms with E-state index >= 15 is 0 Å². The number of benzene rings is 2. The number of hydrogen-bond donors (Lipinski definition) is 5. The first-order valence-electron chi connectivity index (χ1n) is 24.4. The van der Waals surface area contributed by atoms with Crippen molar-refractivity contribution in [2.45, 2.75) is 63.5 Å². The van der Waals surface area contributed by atoms with Gasteiger partial charge in [0.05, 0.1) is 45.0 Å². The number of pyridine rings is 2. The maximum absolute atomic E-state index is 13.5. The monoisotopic (exact) mass is 1080 g/mol. The van der Waals surface area contributed by atoms with Crippen LogP contribution in [-0.4, -0.2) is 130 Å². The zero-order valence-electron chi connectivity index (χ0n) is 41.1. The number of nitrogens with zero attached hydrogens (tertiary/aromatic N) is 5. The van der Waals surface area contributed by atoms with E-state index in [0.29, 0.717) is 93.1 Å². The van der Waals surface area contributed by atoms with Gasteiger partial charge in [-0.3, -0.25) is 24.0 Å².